The van der Waals surface area contributed by atoms with Crippen molar-refractivity contribution >= 4 is 6.09 Å². The van der Waals surface area contributed by atoms with Gasteiger partial charge in [0.2, 0.25) is 0 Å². The van der Waals surface area contributed by atoms with Gasteiger partial charge < -0.3 is 4.74 Å². The number of rotatable bonds is 0. The van der Waals surface area contributed by atoms with Crippen LogP contribution in [0.4, 0.5) is 18.0 Å². The van der Waals surface area contributed by atoms with E-state index in [1.807, 2.05) is 0 Å². The number of amides is 1. The molecule has 1 amide bonds. The monoisotopic (exact) mass is 288 g/mol. The van der Waals surface area contributed by atoms with Gasteiger partial charge in [-0.15, -0.1) is 0 Å². The van der Waals surface area contributed by atoms with Gasteiger partial charge in [-0.3, -0.25) is 9.88 Å². The zero-order valence-electron chi connectivity index (χ0n) is 11.4. The van der Waals surface area contributed by atoms with Crippen molar-refractivity contribution < 1.29 is 22.7 Å². The van der Waals surface area contributed by atoms with Crippen LogP contribution in [0, 0.1) is 0 Å². The molecule has 0 spiro atoms. The number of pyridine rings is 1. The number of carbonyl (C=O) groups excluding carboxylic acids is 1. The summed E-state index contributed by atoms with van der Waals surface area (Å²) in [6.45, 7) is 5.01. The number of fused-ring (bicyclic) bond motifs is 1. The Morgan fingerprint density at radius 1 is 1.30 bits per heavy atom. The summed E-state index contributed by atoms with van der Waals surface area (Å²) < 4.78 is 43.8. The predicted octanol–water partition coefficient (Wildman–Crippen LogP) is 3.35. The second kappa shape index (κ2) is 4.64. The fourth-order valence-corrected chi connectivity index (χ4v) is 2.00. The maximum absolute atomic E-state index is 12.9. The van der Waals surface area contributed by atoms with E-state index in [0.717, 1.165) is 12.3 Å². The largest absolute Gasteiger partial charge is 0.444 e. The Labute approximate surface area is 114 Å². The van der Waals surface area contributed by atoms with Crippen LogP contribution in [0.2, 0.25) is 0 Å². The van der Waals surface area contributed by atoms with E-state index in [4.69, 9.17) is 4.74 Å². The first-order valence-electron chi connectivity index (χ1n) is 6.10. The van der Waals surface area contributed by atoms with E-state index in [0.29, 0.717) is 0 Å². The fraction of sp³-hybridized carbons (Fsp3) is 0.538. The SMILES string of the molecule is CC(C)(C)OC(=O)N1Cc2nccc(C(F)(F)F)c2C1. The van der Waals surface area contributed by atoms with Gasteiger partial charge in [-0.05, 0) is 26.8 Å². The number of halogens is 3. The van der Waals surface area contributed by atoms with Crippen LogP contribution in [0.1, 0.15) is 37.6 Å². The standard InChI is InChI=1S/C13H15F3N2O2/c1-12(2,3)20-11(19)18-6-8-9(13(14,15)16)4-5-17-10(8)7-18/h4-5H,6-7H2,1-3H3. The smallest absolute Gasteiger partial charge is 0.416 e. The molecule has 1 aliphatic rings. The summed E-state index contributed by atoms with van der Waals surface area (Å²) in [5.74, 6) is 0. The maximum Gasteiger partial charge on any atom is 0.416 e. The van der Waals surface area contributed by atoms with Gasteiger partial charge in [-0.25, -0.2) is 4.79 Å². The average Bonchev–Trinajstić information content (AvgIpc) is 2.68. The predicted molar refractivity (Wildman–Crippen MR) is 64.7 cm³/mol. The van der Waals surface area contributed by atoms with Crippen molar-refractivity contribution in [1.29, 1.82) is 0 Å². The van der Waals surface area contributed by atoms with Gasteiger partial charge in [-0.1, -0.05) is 0 Å². The number of alkyl halides is 3. The molecule has 4 nitrogen and oxygen atoms in total. The number of nitrogens with zero attached hydrogens (tertiary/aromatic N) is 2. The lowest BCUT2D eigenvalue weighted by atomic mass is 10.1. The topological polar surface area (TPSA) is 42.4 Å². The first kappa shape index (κ1) is 14.6. The molecule has 0 aliphatic carbocycles. The Hall–Kier alpha value is -1.79. The molecular formula is C13H15F3N2O2. The van der Waals surface area contributed by atoms with Crippen LogP contribution in [0.25, 0.3) is 0 Å². The van der Waals surface area contributed by atoms with E-state index < -0.39 is 23.4 Å². The summed E-state index contributed by atoms with van der Waals surface area (Å²) in [7, 11) is 0. The second-order valence-electron chi connectivity index (χ2n) is 5.62. The molecule has 110 valence electrons. The molecule has 0 fully saturated rings. The highest BCUT2D eigenvalue weighted by molar-refractivity contribution is 5.69. The normalized spacial score (nSPS) is 15.2. The van der Waals surface area contributed by atoms with E-state index in [-0.39, 0.29) is 24.3 Å². The van der Waals surface area contributed by atoms with E-state index >= 15 is 0 Å². The van der Waals surface area contributed by atoms with Crippen molar-refractivity contribution in [2.75, 3.05) is 0 Å². The molecule has 0 saturated heterocycles. The first-order valence-corrected chi connectivity index (χ1v) is 6.10. The molecule has 0 aromatic carbocycles. The summed E-state index contributed by atoms with van der Waals surface area (Å²) in [5, 5.41) is 0. The van der Waals surface area contributed by atoms with Crippen molar-refractivity contribution in [3.8, 4) is 0 Å². The molecule has 0 unspecified atom stereocenters. The van der Waals surface area contributed by atoms with Gasteiger partial charge in [-0.2, -0.15) is 13.2 Å². The first-order chi connectivity index (χ1) is 9.08. The zero-order valence-corrected chi connectivity index (χ0v) is 11.4. The summed E-state index contributed by atoms with van der Waals surface area (Å²) in [6, 6.07) is 0.928. The molecule has 0 saturated carbocycles. The van der Waals surface area contributed by atoms with E-state index in [9.17, 15) is 18.0 Å². The van der Waals surface area contributed by atoms with Crippen LogP contribution >= 0.6 is 0 Å². The zero-order chi connectivity index (χ0) is 15.1. The van der Waals surface area contributed by atoms with Gasteiger partial charge in [0.15, 0.2) is 0 Å². The lowest BCUT2D eigenvalue weighted by molar-refractivity contribution is -0.138. The van der Waals surface area contributed by atoms with Gasteiger partial charge in [0, 0.05) is 11.8 Å². The summed E-state index contributed by atoms with van der Waals surface area (Å²) >= 11 is 0. The van der Waals surface area contributed by atoms with Crippen LogP contribution in [0.3, 0.4) is 0 Å². The van der Waals surface area contributed by atoms with Crippen LogP contribution in [0.5, 0.6) is 0 Å². The highest BCUT2D eigenvalue weighted by Crippen LogP contribution is 2.36. The molecule has 0 atom stereocenters. The van der Waals surface area contributed by atoms with Crippen LogP contribution in [0.15, 0.2) is 12.3 Å². The Morgan fingerprint density at radius 2 is 1.95 bits per heavy atom. The van der Waals surface area contributed by atoms with E-state index in [1.165, 1.54) is 4.90 Å². The van der Waals surface area contributed by atoms with Crippen LogP contribution in [-0.2, 0) is 24.0 Å². The van der Waals surface area contributed by atoms with Crippen LogP contribution in [-0.4, -0.2) is 21.6 Å². The highest BCUT2D eigenvalue weighted by atomic mass is 19.4. The summed E-state index contributed by atoms with van der Waals surface area (Å²) in [4.78, 5) is 17.0. The van der Waals surface area contributed by atoms with Crippen LogP contribution < -0.4 is 0 Å². The fourth-order valence-electron chi connectivity index (χ4n) is 2.00. The van der Waals surface area contributed by atoms with Crippen molar-refractivity contribution in [2.45, 2.75) is 45.6 Å². The van der Waals surface area contributed by atoms with Gasteiger partial charge in [0.05, 0.1) is 24.3 Å². The summed E-state index contributed by atoms with van der Waals surface area (Å²) in [6.07, 6.45) is -3.97. The third-order valence-corrected chi connectivity index (χ3v) is 2.79. The number of hydrogen-bond acceptors (Lipinski definition) is 3. The number of aromatic nitrogens is 1. The Bertz CT molecular complexity index is 535. The number of ether oxygens (including phenoxy) is 1. The van der Waals surface area contributed by atoms with Crippen molar-refractivity contribution in [2.24, 2.45) is 0 Å². The maximum atomic E-state index is 12.9. The van der Waals surface area contributed by atoms with Crippen molar-refractivity contribution in [3.63, 3.8) is 0 Å². The van der Waals surface area contributed by atoms with Gasteiger partial charge in [0.25, 0.3) is 0 Å². The molecule has 2 heterocycles. The Balaban J connectivity index is 2.22. The van der Waals surface area contributed by atoms with E-state index in [2.05, 4.69) is 4.98 Å². The minimum absolute atomic E-state index is 0.0359. The molecular weight excluding hydrogens is 273 g/mol. The Morgan fingerprint density at radius 3 is 2.50 bits per heavy atom. The van der Waals surface area contributed by atoms with Crippen molar-refractivity contribution in [3.05, 3.63) is 29.1 Å². The highest BCUT2D eigenvalue weighted by Gasteiger charge is 2.38. The molecule has 0 radical (unpaired) electrons. The number of carbonyl (C=O) groups is 1. The summed E-state index contributed by atoms with van der Waals surface area (Å²) in [5.41, 5.74) is -1.11. The molecule has 0 bridgehead atoms. The number of hydrogen-bond donors (Lipinski definition) is 0. The Kier molecular flexibility index (Phi) is 3.39. The molecule has 1 aromatic heterocycles. The third-order valence-electron chi connectivity index (χ3n) is 2.79. The molecule has 20 heavy (non-hydrogen) atoms. The molecule has 7 heteroatoms. The quantitative estimate of drug-likeness (QED) is 0.735. The molecule has 0 N–H and O–H groups in total. The van der Waals surface area contributed by atoms with Gasteiger partial charge >= 0.3 is 12.3 Å². The van der Waals surface area contributed by atoms with E-state index in [1.54, 1.807) is 20.8 Å². The third kappa shape index (κ3) is 3.02. The lowest BCUT2D eigenvalue weighted by Gasteiger charge is -2.24. The lowest BCUT2D eigenvalue weighted by Crippen LogP contribution is -2.33. The molecule has 2 rings (SSSR count). The van der Waals surface area contributed by atoms with Gasteiger partial charge in [0.1, 0.15) is 5.60 Å². The van der Waals surface area contributed by atoms with Crippen molar-refractivity contribution in [1.82, 2.24) is 9.88 Å². The molecule has 1 aliphatic heterocycles. The minimum atomic E-state index is -4.45. The average molecular weight is 288 g/mol. The second-order valence-corrected chi connectivity index (χ2v) is 5.62. The molecule has 1 aromatic rings. The minimum Gasteiger partial charge on any atom is -0.444 e.